The lowest BCUT2D eigenvalue weighted by Gasteiger charge is -2.33. The van der Waals surface area contributed by atoms with Gasteiger partial charge in [0, 0.05) is 7.05 Å². The van der Waals surface area contributed by atoms with Crippen LogP contribution >= 0.6 is 0 Å². The largest absolute Gasteiger partial charge is 0.494 e. The highest BCUT2D eigenvalue weighted by molar-refractivity contribution is 6.19. The molecule has 30 heavy (non-hydrogen) atoms. The number of urea groups is 1. The number of aliphatic imine (C=N–C) groups is 1. The number of hydrogen-bond acceptors (Lipinski definition) is 4. The Morgan fingerprint density at radius 1 is 1.23 bits per heavy atom. The third-order valence-corrected chi connectivity index (χ3v) is 5.55. The summed E-state index contributed by atoms with van der Waals surface area (Å²) in [5.41, 5.74) is 3.56. The second kappa shape index (κ2) is 7.12. The van der Waals surface area contributed by atoms with Gasteiger partial charge in [0.15, 0.2) is 0 Å². The van der Waals surface area contributed by atoms with E-state index in [-0.39, 0.29) is 18.5 Å². The number of carbonyl (C=O) groups is 2. The van der Waals surface area contributed by atoms with E-state index in [1.165, 1.54) is 9.80 Å². The molecule has 2 aliphatic rings. The van der Waals surface area contributed by atoms with Crippen molar-refractivity contribution < 1.29 is 18.9 Å². The number of imide groups is 1. The van der Waals surface area contributed by atoms with Gasteiger partial charge in [-0.1, -0.05) is 17.1 Å². The van der Waals surface area contributed by atoms with Gasteiger partial charge in [-0.05, 0) is 52.0 Å². The lowest BCUT2D eigenvalue weighted by Crippen LogP contribution is -2.63. The van der Waals surface area contributed by atoms with Gasteiger partial charge in [-0.25, -0.2) is 9.36 Å². The normalized spacial score (nSPS) is 17.8. The van der Waals surface area contributed by atoms with Crippen molar-refractivity contribution >= 4 is 23.7 Å². The van der Waals surface area contributed by atoms with Gasteiger partial charge in [0.05, 0.1) is 13.2 Å². The van der Waals surface area contributed by atoms with E-state index in [0.29, 0.717) is 18.4 Å². The van der Waals surface area contributed by atoms with Crippen molar-refractivity contribution in [1.82, 2.24) is 14.4 Å². The Hall–Kier alpha value is -3.42. The monoisotopic (exact) mass is 408 g/mol. The zero-order valence-electron chi connectivity index (χ0n) is 18.0. The summed E-state index contributed by atoms with van der Waals surface area (Å²) < 4.78 is 9.46. The first-order chi connectivity index (χ1) is 14.3. The number of ether oxygens (including phenoxy) is 1. The summed E-state index contributed by atoms with van der Waals surface area (Å²) >= 11 is 0. The molecule has 1 unspecified atom stereocenters. The van der Waals surface area contributed by atoms with Crippen molar-refractivity contribution in [3.8, 4) is 11.4 Å². The number of imidazole rings is 1. The van der Waals surface area contributed by atoms with E-state index in [2.05, 4.69) is 6.58 Å². The van der Waals surface area contributed by atoms with Crippen molar-refractivity contribution in [3.05, 3.63) is 47.8 Å². The fourth-order valence-electron chi connectivity index (χ4n) is 4.02. The minimum absolute atomic E-state index is 0.194. The summed E-state index contributed by atoms with van der Waals surface area (Å²) in [6.07, 6.45) is 0. The average molecular weight is 408 g/mol. The van der Waals surface area contributed by atoms with Gasteiger partial charge in [0.2, 0.25) is 11.9 Å². The number of fused-ring (bicyclic) bond motifs is 3. The van der Waals surface area contributed by atoms with Gasteiger partial charge in [0.25, 0.3) is 5.91 Å². The van der Waals surface area contributed by atoms with Crippen LogP contribution in [-0.4, -0.2) is 52.3 Å². The molecule has 0 aliphatic carbocycles. The lowest BCUT2D eigenvalue weighted by atomic mass is 10.1. The molecule has 1 fully saturated rings. The van der Waals surface area contributed by atoms with Crippen LogP contribution in [0.15, 0.2) is 41.4 Å². The highest BCUT2D eigenvalue weighted by Gasteiger charge is 2.54. The molecule has 3 amide bonds. The Bertz CT molecular complexity index is 1100. The minimum Gasteiger partial charge on any atom is -0.494 e. The Labute approximate surface area is 175 Å². The van der Waals surface area contributed by atoms with Crippen LogP contribution in [0, 0.1) is 13.8 Å². The molecule has 4 rings (SSSR count). The molecule has 3 heterocycles. The Morgan fingerprint density at radius 3 is 2.50 bits per heavy atom. The summed E-state index contributed by atoms with van der Waals surface area (Å²) in [7, 11) is 1.65. The summed E-state index contributed by atoms with van der Waals surface area (Å²) in [5, 5.41) is 0. The van der Waals surface area contributed by atoms with Crippen molar-refractivity contribution in [1.29, 1.82) is 0 Å². The van der Waals surface area contributed by atoms with Gasteiger partial charge in [-0.15, -0.1) is 0 Å². The topological polar surface area (TPSA) is 71.0 Å². The lowest BCUT2D eigenvalue weighted by molar-refractivity contribution is -0.682. The molecule has 2 aromatic rings. The molecule has 0 N–H and O–H groups in total. The van der Waals surface area contributed by atoms with Gasteiger partial charge < -0.3 is 4.74 Å². The molecule has 1 aromatic carbocycles. The number of likely N-dealkylation sites (N-methyl/N-ethyl adjacent to an activating group) is 1. The smallest absolute Gasteiger partial charge is 0.407 e. The van der Waals surface area contributed by atoms with Crippen LogP contribution in [0.3, 0.4) is 0 Å². The molecule has 0 radical (unpaired) electrons. The van der Waals surface area contributed by atoms with Crippen molar-refractivity contribution in [2.75, 3.05) is 20.2 Å². The number of benzene rings is 1. The zero-order chi connectivity index (χ0) is 21.7. The first kappa shape index (κ1) is 19.9. The molecule has 0 bridgehead atoms. The van der Waals surface area contributed by atoms with E-state index < -0.39 is 6.04 Å². The van der Waals surface area contributed by atoms with Crippen LogP contribution in [0.2, 0.25) is 0 Å². The quantitative estimate of drug-likeness (QED) is 0.564. The first-order valence-corrected chi connectivity index (χ1v) is 9.95. The van der Waals surface area contributed by atoms with Crippen LogP contribution < -0.4 is 9.30 Å². The Balaban J connectivity index is 1.83. The summed E-state index contributed by atoms with van der Waals surface area (Å²) in [6, 6.07) is 6.70. The van der Waals surface area contributed by atoms with Crippen molar-refractivity contribution in [3.63, 3.8) is 0 Å². The molecular weight excluding hydrogens is 382 g/mol. The van der Waals surface area contributed by atoms with Gasteiger partial charge in [0.1, 0.15) is 22.8 Å². The molecule has 1 saturated heterocycles. The first-order valence-electron chi connectivity index (χ1n) is 9.95. The number of nitrogens with zero attached hydrogens (tertiary/aromatic N) is 5. The maximum atomic E-state index is 13.3. The van der Waals surface area contributed by atoms with Crippen molar-refractivity contribution in [2.24, 2.45) is 4.99 Å². The number of carbonyl (C=O) groups excluding carboxylic acids is 2. The molecule has 0 saturated carbocycles. The number of amidine groups is 1. The van der Waals surface area contributed by atoms with Crippen LogP contribution in [0.4, 0.5) is 10.7 Å². The fourth-order valence-corrected chi connectivity index (χ4v) is 4.02. The molecule has 2 aliphatic heterocycles. The maximum Gasteiger partial charge on any atom is 0.407 e. The van der Waals surface area contributed by atoms with Gasteiger partial charge in [-0.3, -0.25) is 14.6 Å². The van der Waals surface area contributed by atoms with Gasteiger partial charge in [-0.2, -0.15) is 4.57 Å². The van der Waals surface area contributed by atoms with E-state index in [1.54, 1.807) is 14.0 Å². The number of rotatable bonds is 5. The van der Waals surface area contributed by atoms with E-state index in [4.69, 9.17) is 9.73 Å². The van der Waals surface area contributed by atoms with Gasteiger partial charge >= 0.3 is 12.0 Å². The van der Waals surface area contributed by atoms with E-state index in [1.807, 2.05) is 54.2 Å². The van der Waals surface area contributed by atoms with Crippen LogP contribution in [0.5, 0.6) is 5.75 Å². The van der Waals surface area contributed by atoms with Crippen LogP contribution in [-0.2, 0) is 4.79 Å². The number of hydrogen-bond donors (Lipinski definition) is 0. The zero-order valence-corrected chi connectivity index (χ0v) is 18.0. The minimum atomic E-state index is -0.662. The Morgan fingerprint density at radius 2 is 1.90 bits per heavy atom. The molecule has 0 spiro atoms. The van der Waals surface area contributed by atoms with E-state index in [0.717, 1.165) is 28.4 Å². The number of amides is 3. The molecule has 1 atom stereocenters. The molecule has 8 heteroatoms. The average Bonchev–Trinajstić information content (AvgIpc) is 3.20. The molecule has 1 aromatic heterocycles. The summed E-state index contributed by atoms with van der Waals surface area (Å²) in [4.78, 5) is 33.5. The Kier molecular flexibility index (Phi) is 4.72. The highest BCUT2D eigenvalue weighted by atomic mass is 16.5. The SMILES string of the molecule is C=C(C)CN1C(=O)C2C(=Nc3n(-c4ccc(OCC)cc4)c(C)c(C)[n+]32)N(C)C1=O. The second-order valence-corrected chi connectivity index (χ2v) is 7.70. The van der Waals surface area contributed by atoms with E-state index >= 15 is 0 Å². The third kappa shape index (κ3) is 2.82. The summed E-state index contributed by atoms with van der Waals surface area (Å²) in [5.74, 6) is 1.58. The highest BCUT2D eigenvalue weighted by Crippen LogP contribution is 2.33. The molecule has 156 valence electrons. The van der Waals surface area contributed by atoms with Crippen LogP contribution in [0.1, 0.15) is 31.3 Å². The molecular formula is C22H26N5O3+. The van der Waals surface area contributed by atoms with E-state index in [9.17, 15) is 9.59 Å². The van der Waals surface area contributed by atoms with Crippen molar-refractivity contribution in [2.45, 2.75) is 33.7 Å². The number of aromatic nitrogens is 2. The summed E-state index contributed by atoms with van der Waals surface area (Å²) in [6.45, 7) is 12.4. The fraction of sp³-hybridized carbons (Fsp3) is 0.364. The third-order valence-electron chi connectivity index (χ3n) is 5.55. The maximum absolute atomic E-state index is 13.3. The molecule has 8 nitrogen and oxygen atoms in total. The standard InChI is InChI=1S/C22H26N5O3/c1-7-30-17-10-8-16(9-11-17)26-14(4)15(5)27-18-19(23-21(26)27)24(6)22(29)25(20(18)28)12-13(2)3/h8-11,18H,2,7,12H2,1,3-6H3/q+1. The predicted molar refractivity (Wildman–Crippen MR) is 112 cm³/mol. The second-order valence-electron chi connectivity index (χ2n) is 7.70. The van der Waals surface area contributed by atoms with Crippen LogP contribution in [0.25, 0.3) is 5.69 Å². The predicted octanol–water partition coefficient (Wildman–Crippen LogP) is 2.84.